The van der Waals surface area contributed by atoms with Gasteiger partial charge in [-0.15, -0.1) is 0 Å². The first-order valence-corrected chi connectivity index (χ1v) is 4.02. The van der Waals surface area contributed by atoms with E-state index in [1.807, 2.05) is 12.3 Å². The summed E-state index contributed by atoms with van der Waals surface area (Å²) in [4.78, 5) is 4.33. The van der Waals surface area contributed by atoms with Gasteiger partial charge in [-0.2, -0.15) is 0 Å². The van der Waals surface area contributed by atoms with E-state index in [1.54, 1.807) is 0 Å². The molecule has 1 unspecified atom stereocenters. The Balaban J connectivity index is 2.34. The van der Waals surface area contributed by atoms with E-state index in [9.17, 15) is 0 Å². The average molecular weight is 148 g/mol. The summed E-state index contributed by atoms with van der Waals surface area (Å²) in [6.45, 7) is 3.17. The molecule has 1 aromatic rings. The topological polar surface area (TPSA) is 24.9 Å². The lowest BCUT2D eigenvalue weighted by atomic mass is 10.0. The zero-order valence-corrected chi connectivity index (χ0v) is 6.67. The number of rotatable bonds is 0. The van der Waals surface area contributed by atoms with E-state index in [1.165, 1.54) is 11.3 Å². The van der Waals surface area contributed by atoms with Crippen LogP contribution in [0.1, 0.15) is 18.2 Å². The zero-order chi connectivity index (χ0) is 7.68. The lowest BCUT2D eigenvalue weighted by Crippen LogP contribution is -2.33. The van der Waals surface area contributed by atoms with Crippen LogP contribution in [-0.4, -0.2) is 11.0 Å². The molecule has 0 aliphatic carbocycles. The first kappa shape index (κ1) is 6.80. The van der Waals surface area contributed by atoms with E-state index in [0.29, 0.717) is 6.04 Å². The molecular formula is C9H12N2. The Bertz CT molecular complexity index is 257. The summed E-state index contributed by atoms with van der Waals surface area (Å²) < 4.78 is 0. The molecule has 0 spiro atoms. The summed E-state index contributed by atoms with van der Waals surface area (Å²) in [5, 5.41) is 3.40. The predicted molar refractivity (Wildman–Crippen MR) is 44.2 cm³/mol. The molecule has 58 valence electrons. The van der Waals surface area contributed by atoms with E-state index in [4.69, 9.17) is 0 Å². The number of hydrogen-bond acceptors (Lipinski definition) is 2. The molecule has 0 bridgehead atoms. The summed E-state index contributed by atoms with van der Waals surface area (Å²) in [6.07, 6.45) is 2.94. The number of fused-ring (bicyclic) bond motifs is 1. The molecule has 1 aliphatic rings. The van der Waals surface area contributed by atoms with Gasteiger partial charge in [-0.1, -0.05) is 6.07 Å². The SMILES string of the molecule is CC1Cc2ncccc2CN1. The van der Waals surface area contributed by atoms with Gasteiger partial charge in [-0.3, -0.25) is 4.98 Å². The van der Waals surface area contributed by atoms with Crippen molar-refractivity contribution in [1.29, 1.82) is 0 Å². The van der Waals surface area contributed by atoms with Crippen molar-refractivity contribution < 1.29 is 0 Å². The number of aromatic nitrogens is 1. The van der Waals surface area contributed by atoms with Crippen molar-refractivity contribution in [2.75, 3.05) is 0 Å². The van der Waals surface area contributed by atoms with Crippen molar-refractivity contribution >= 4 is 0 Å². The third-order valence-electron chi connectivity index (χ3n) is 2.13. The minimum Gasteiger partial charge on any atom is -0.310 e. The molecule has 2 rings (SSSR count). The van der Waals surface area contributed by atoms with Gasteiger partial charge in [0.25, 0.3) is 0 Å². The molecule has 1 N–H and O–H groups in total. The third-order valence-corrected chi connectivity index (χ3v) is 2.13. The second-order valence-corrected chi connectivity index (χ2v) is 3.10. The van der Waals surface area contributed by atoms with E-state index in [0.717, 1.165) is 13.0 Å². The number of pyridine rings is 1. The second-order valence-electron chi connectivity index (χ2n) is 3.10. The Labute approximate surface area is 66.7 Å². The van der Waals surface area contributed by atoms with Gasteiger partial charge in [-0.25, -0.2) is 0 Å². The highest BCUT2D eigenvalue weighted by Gasteiger charge is 2.13. The van der Waals surface area contributed by atoms with Crippen molar-refractivity contribution in [3.05, 3.63) is 29.6 Å². The van der Waals surface area contributed by atoms with Crippen LogP contribution in [0.4, 0.5) is 0 Å². The van der Waals surface area contributed by atoms with E-state index in [2.05, 4.69) is 23.3 Å². The highest BCUT2D eigenvalue weighted by atomic mass is 14.9. The average Bonchev–Trinajstić information content (AvgIpc) is 2.04. The number of nitrogens with zero attached hydrogens (tertiary/aromatic N) is 1. The van der Waals surface area contributed by atoms with Crippen LogP contribution in [0, 0.1) is 0 Å². The smallest absolute Gasteiger partial charge is 0.0463 e. The first-order chi connectivity index (χ1) is 5.36. The van der Waals surface area contributed by atoms with Crippen LogP contribution in [0.2, 0.25) is 0 Å². The van der Waals surface area contributed by atoms with Crippen molar-refractivity contribution in [2.24, 2.45) is 0 Å². The summed E-state index contributed by atoms with van der Waals surface area (Å²) >= 11 is 0. The maximum Gasteiger partial charge on any atom is 0.0463 e. The molecular weight excluding hydrogens is 136 g/mol. The lowest BCUT2D eigenvalue weighted by molar-refractivity contribution is 0.505. The Hall–Kier alpha value is -0.890. The highest BCUT2D eigenvalue weighted by Crippen LogP contribution is 2.12. The van der Waals surface area contributed by atoms with Crippen LogP contribution in [0.25, 0.3) is 0 Å². The molecule has 1 atom stereocenters. The van der Waals surface area contributed by atoms with Crippen LogP contribution in [0.5, 0.6) is 0 Å². The molecule has 0 saturated heterocycles. The molecule has 0 amide bonds. The Kier molecular flexibility index (Phi) is 1.62. The van der Waals surface area contributed by atoms with Crippen LogP contribution >= 0.6 is 0 Å². The Morgan fingerprint density at radius 2 is 2.55 bits per heavy atom. The van der Waals surface area contributed by atoms with E-state index >= 15 is 0 Å². The van der Waals surface area contributed by atoms with E-state index < -0.39 is 0 Å². The van der Waals surface area contributed by atoms with Gasteiger partial charge in [0, 0.05) is 30.9 Å². The Morgan fingerprint density at radius 3 is 3.45 bits per heavy atom. The standard InChI is InChI=1S/C9H12N2/c1-7-5-9-8(6-11-7)3-2-4-10-9/h2-4,7,11H,5-6H2,1H3. The summed E-state index contributed by atoms with van der Waals surface area (Å²) in [5.41, 5.74) is 2.62. The van der Waals surface area contributed by atoms with Crippen molar-refractivity contribution in [3.63, 3.8) is 0 Å². The molecule has 2 heteroatoms. The fraction of sp³-hybridized carbons (Fsp3) is 0.444. The molecule has 0 aromatic carbocycles. The van der Waals surface area contributed by atoms with Crippen LogP contribution < -0.4 is 5.32 Å². The minimum atomic E-state index is 0.581. The fourth-order valence-corrected chi connectivity index (χ4v) is 1.46. The predicted octanol–water partition coefficient (Wildman–Crippen LogP) is 1.12. The van der Waals surface area contributed by atoms with E-state index in [-0.39, 0.29) is 0 Å². The van der Waals surface area contributed by atoms with Gasteiger partial charge in [0.15, 0.2) is 0 Å². The van der Waals surface area contributed by atoms with Crippen LogP contribution in [-0.2, 0) is 13.0 Å². The van der Waals surface area contributed by atoms with Gasteiger partial charge in [-0.05, 0) is 18.6 Å². The summed E-state index contributed by atoms with van der Waals surface area (Å²) in [7, 11) is 0. The first-order valence-electron chi connectivity index (χ1n) is 4.02. The maximum atomic E-state index is 4.33. The van der Waals surface area contributed by atoms with Gasteiger partial charge in [0.05, 0.1) is 0 Å². The Morgan fingerprint density at radius 1 is 1.64 bits per heavy atom. The zero-order valence-electron chi connectivity index (χ0n) is 6.67. The molecule has 1 aromatic heterocycles. The summed E-state index contributed by atoms with van der Waals surface area (Å²) in [6, 6.07) is 4.72. The second kappa shape index (κ2) is 2.62. The summed E-state index contributed by atoms with van der Waals surface area (Å²) in [5.74, 6) is 0. The maximum absolute atomic E-state index is 4.33. The fourth-order valence-electron chi connectivity index (χ4n) is 1.46. The molecule has 2 nitrogen and oxygen atoms in total. The molecule has 1 aliphatic heterocycles. The number of hydrogen-bond donors (Lipinski definition) is 1. The highest BCUT2D eigenvalue weighted by molar-refractivity contribution is 5.22. The van der Waals surface area contributed by atoms with Crippen LogP contribution in [0.15, 0.2) is 18.3 Å². The van der Waals surface area contributed by atoms with Crippen molar-refractivity contribution in [1.82, 2.24) is 10.3 Å². The van der Waals surface area contributed by atoms with Gasteiger partial charge in [0.2, 0.25) is 0 Å². The third kappa shape index (κ3) is 1.26. The molecule has 0 radical (unpaired) electrons. The monoisotopic (exact) mass is 148 g/mol. The van der Waals surface area contributed by atoms with Crippen molar-refractivity contribution in [3.8, 4) is 0 Å². The van der Waals surface area contributed by atoms with Gasteiger partial charge < -0.3 is 5.32 Å². The quantitative estimate of drug-likeness (QED) is 0.596. The molecule has 11 heavy (non-hydrogen) atoms. The number of nitrogens with one attached hydrogen (secondary N) is 1. The largest absolute Gasteiger partial charge is 0.310 e. The lowest BCUT2D eigenvalue weighted by Gasteiger charge is -2.21. The molecule has 0 fully saturated rings. The van der Waals surface area contributed by atoms with Gasteiger partial charge >= 0.3 is 0 Å². The normalized spacial score (nSPS) is 22.8. The van der Waals surface area contributed by atoms with Crippen molar-refractivity contribution in [2.45, 2.75) is 25.9 Å². The van der Waals surface area contributed by atoms with Crippen LogP contribution in [0.3, 0.4) is 0 Å². The van der Waals surface area contributed by atoms with Gasteiger partial charge in [0.1, 0.15) is 0 Å². The molecule has 0 saturated carbocycles. The minimum absolute atomic E-state index is 0.581. The molecule has 2 heterocycles.